The van der Waals surface area contributed by atoms with Gasteiger partial charge in [0.2, 0.25) is 0 Å². The van der Waals surface area contributed by atoms with Crippen molar-refractivity contribution >= 4 is 0 Å². The summed E-state index contributed by atoms with van der Waals surface area (Å²) >= 11 is 0. The van der Waals surface area contributed by atoms with Gasteiger partial charge in [-0.1, -0.05) is 24.3 Å². The minimum atomic E-state index is 0.166. The van der Waals surface area contributed by atoms with E-state index in [0.29, 0.717) is 0 Å². The van der Waals surface area contributed by atoms with Crippen molar-refractivity contribution in [2.45, 2.75) is 26.3 Å². The summed E-state index contributed by atoms with van der Waals surface area (Å²) in [4.78, 5) is 0. The Morgan fingerprint density at radius 2 is 1.52 bits per heavy atom. The van der Waals surface area contributed by atoms with Gasteiger partial charge >= 0.3 is 0 Å². The molecule has 21 heavy (non-hydrogen) atoms. The molecule has 2 aromatic rings. The van der Waals surface area contributed by atoms with Gasteiger partial charge < -0.3 is 15.2 Å². The highest BCUT2D eigenvalue weighted by molar-refractivity contribution is 5.77. The first-order chi connectivity index (χ1) is 10.0. The minimum absolute atomic E-state index is 0.166. The standard InChI is InChI=1S/C18H23NO2/c1-12-9-16(20-3)18(17(10-12)21-4)15-7-5-14(6-8-15)11-13(2)19/h5-10,13H,11,19H2,1-4H3. The molecule has 0 saturated carbocycles. The number of rotatable bonds is 5. The molecule has 0 spiro atoms. The van der Waals surface area contributed by atoms with Crippen LogP contribution in [0, 0.1) is 6.92 Å². The largest absolute Gasteiger partial charge is 0.496 e. The zero-order valence-corrected chi connectivity index (χ0v) is 13.1. The van der Waals surface area contributed by atoms with E-state index < -0.39 is 0 Å². The lowest BCUT2D eigenvalue weighted by Gasteiger charge is -2.15. The maximum absolute atomic E-state index is 5.84. The molecule has 1 unspecified atom stereocenters. The summed E-state index contributed by atoms with van der Waals surface area (Å²) in [5.74, 6) is 1.65. The Kier molecular flexibility index (Phi) is 4.86. The van der Waals surface area contributed by atoms with E-state index in [4.69, 9.17) is 15.2 Å². The summed E-state index contributed by atoms with van der Waals surface area (Å²) in [6.45, 7) is 4.04. The lowest BCUT2D eigenvalue weighted by molar-refractivity contribution is 0.397. The second-order valence-electron chi connectivity index (χ2n) is 5.42. The summed E-state index contributed by atoms with van der Waals surface area (Å²) < 4.78 is 11.0. The van der Waals surface area contributed by atoms with Crippen LogP contribution >= 0.6 is 0 Å². The van der Waals surface area contributed by atoms with E-state index in [1.165, 1.54) is 5.56 Å². The van der Waals surface area contributed by atoms with Gasteiger partial charge in [0.25, 0.3) is 0 Å². The molecule has 0 aliphatic carbocycles. The number of ether oxygens (including phenoxy) is 2. The average Bonchev–Trinajstić information content (AvgIpc) is 2.46. The Labute approximate surface area is 126 Å². The van der Waals surface area contributed by atoms with E-state index in [-0.39, 0.29) is 6.04 Å². The van der Waals surface area contributed by atoms with Crippen LogP contribution in [-0.2, 0) is 6.42 Å². The van der Waals surface area contributed by atoms with Gasteiger partial charge in [0.15, 0.2) is 0 Å². The maximum atomic E-state index is 5.84. The lowest BCUT2D eigenvalue weighted by Crippen LogP contribution is -2.17. The van der Waals surface area contributed by atoms with E-state index in [1.807, 2.05) is 26.0 Å². The molecule has 0 amide bonds. The summed E-state index contributed by atoms with van der Waals surface area (Å²) in [6, 6.07) is 12.6. The number of hydrogen-bond donors (Lipinski definition) is 1. The Balaban J connectivity index is 2.45. The Bertz CT molecular complexity index is 578. The molecule has 0 saturated heterocycles. The molecule has 0 aliphatic rings. The number of methoxy groups -OCH3 is 2. The first kappa shape index (κ1) is 15.4. The fourth-order valence-corrected chi connectivity index (χ4v) is 2.51. The number of hydrogen-bond acceptors (Lipinski definition) is 3. The number of benzene rings is 2. The van der Waals surface area contributed by atoms with E-state index in [0.717, 1.165) is 34.6 Å². The fourth-order valence-electron chi connectivity index (χ4n) is 2.51. The molecule has 2 N–H and O–H groups in total. The highest BCUT2D eigenvalue weighted by atomic mass is 16.5. The molecule has 0 radical (unpaired) electrons. The molecule has 0 aromatic heterocycles. The second-order valence-corrected chi connectivity index (χ2v) is 5.42. The lowest BCUT2D eigenvalue weighted by atomic mass is 9.98. The van der Waals surface area contributed by atoms with Crippen molar-refractivity contribution in [3.8, 4) is 22.6 Å². The highest BCUT2D eigenvalue weighted by Gasteiger charge is 2.13. The molecule has 1 atom stereocenters. The molecule has 0 fully saturated rings. The van der Waals surface area contributed by atoms with Gasteiger partial charge in [-0.05, 0) is 49.1 Å². The van der Waals surface area contributed by atoms with E-state index in [1.54, 1.807) is 14.2 Å². The fraction of sp³-hybridized carbons (Fsp3) is 0.333. The molecule has 2 aromatic carbocycles. The summed E-state index contributed by atoms with van der Waals surface area (Å²) in [5, 5.41) is 0. The normalized spacial score (nSPS) is 12.0. The number of nitrogens with two attached hydrogens (primary N) is 1. The van der Waals surface area contributed by atoms with Gasteiger partial charge in [0.05, 0.1) is 19.8 Å². The van der Waals surface area contributed by atoms with Crippen molar-refractivity contribution in [2.75, 3.05) is 14.2 Å². The zero-order valence-electron chi connectivity index (χ0n) is 13.1. The van der Waals surface area contributed by atoms with E-state index in [9.17, 15) is 0 Å². The van der Waals surface area contributed by atoms with Crippen LogP contribution in [0.25, 0.3) is 11.1 Å². The van der Waals surface area contributed by atoms with Crippen molar-refractivity contribution in [2.24, 2.45) is 5.73 Å². The Morgan fingerprint density at radius 3 is 1.95 bits per heavy atom. The zero-order chi connectivity index (χ0) is 15.4. The summed E-state index contributed by atoms with van der Waals surface area (Å²) in [7, 11) is 3.37. The van der Waals surface area contributed by atoms with Crippen molar-refractivity contribution in [1.29, 1.82) is 0 Å². The quantitative estimate of drug-likeness (QED) is 0.913. The molecular formula is C18H23NO2. The predicted molar refractivity (Wildman–Crippen MR) is 87.1 cm³/mol. The molecule has 0 aliphatic heterocycles. The van der Waals surface area contributed by atoms with Gasteiger partial charge in [-0.25, -0.2) is 0 Å². The molecule has 3 heteroatoms. The van der Waals surface area contributed by atoms with Crippen LogP contribution in [0.4, 0.5) is 0 Å². The van der Waals surface area contributed by atoms with Crippen LogP contribution in [0.15, 0.2) is 36.4 Å². The summed E-state index contributed by atoms with van der Waals surface area (Å²) in [6.07, 6.45) is 0.877. The van der Waals surface area contributed by atoms with Gasteiger partial charge in [0, 0.05) is 6.04 Å². The maximum Gasteiger partial charge on any atom is 0.130 e. The monoisotopic (exact) mass is 285 g/mol. The average molecular weight is 285 g/mol. The Morgan fingerprint density at radius 1 is 1.00 bits per heavy atom. The van der Waals surface area contributed by atoms with Crippen molar-refractivity contribution in [3.63, 3.8) is 0 Å². The smallest absolute Gasteiger partial charge is 0.130 e. The second kappa shape index (κ2) is 6.64. The molecule has 3 nitrogen and oxygen atoms in total. The molecule has 112 valence electrons. The first-order valence-electron chi connectivity index (χ1n) is 7.12. The van der Waals surface area contributed by atoms with Crippen LogP contribution in [0.3, 0.4) is 0 Å². The molecule has 2 rings (SSSR count). The topological polar surface area (TPSA) is 44.5 Å². The molecule has 0 bridgehead atoms. The minimum Gasteiger partial charge on any atom is -0.496 e. The number of aryl methyl sites for hydroxylation is 1. The highest BCUT2D eigenvalue weighted by Crippen LogP contribution is 2.39. The van der Waals surface area contributed by atoms with Crippen molar-refractivity contribution in [3.05, 3.63) is 47.5 Å². The van der Waals surface area contributed by atoms with Crippen LogP contribution in [-0.4, -0.2) is 20.3 Å². The van der Waals surface area contributed by atoms with Crippen LogP contribution in [0.5, 0.6) is 11.5 Å². The van der Waals surface area contributed by atoms with Crippen molar-refractivity contribution in [1.82, 2.24) is 0 Å². The van der Waals surface area contributed by atoms with Gasteiger partial charge in [-0.2, -0.15) is 0 Å². The third-order valence-electron chi connectivity index (χ3n) is 3.45. The third kappa shape index (κ3) is 3.56. The summed E-state index contributed by atoms with van der Waals surface area (Å²) in [5.41, 5.74) is 10.3. The van der Waals surface area contributed by atoms with Crippen LogP contribution < -0.4 is 15.2 Å². The van der Waals surface area contributed by atoms with Crippen molar-refractivity contribution < 1.29 is 9.47 Å². The molecular weight excluding hydrogens is 262 g/mol. The van der Waals surface area contributed by atoms with Gasteiger partial charge in [0.1, 0.15) is 11.5 Å². The van der Waals surface area contributed by atoms with Gasteiger partial charge in [-0.15, -0.1) is 0 Å². The van der Waals surface area contributed by atoms with Crippen LogP contribution in [0.1, 0.15) is 18.1 Å². The third-order valence-corrected chi connectivity index (χ3v) is 3.45. The molecule has 0 heterocycles. The van der Waals surface area contributed by atoms with E-state index in [2.05, 4.69) is 24.3 Å². The Hall–Kier alpha value is -2.00. The van der Waals surface area contributed by atoms with Gasteiger partial charge in [-0.3, -0.25) is 0 Å². The first-order valence-corrected chi connectivity index (χ1v) is 7.12. The predicted octanol–water partition coefficient (Wildman–Crippen LogP) is 3.57. The van der Waals surface area contributed by atoms with Crippen LogP contribution in [0.2, 0.25) is 0 Å². The SMILES string of the molecule is COc1cc(C)cc(OC)c1-c1ccc(CC(C)N)cc1. The van der Waals surface area contributed by atoms with E-state index >= 15 is 0 Å².